The van der Waals surface area contributed by atoms with Gasteiger partial charge in [-0.2, -0.15) is 0 Å². The smallest absolute Gasteiger partial charge is 0.0917 e. The molecule has 1 N–H and O–H groups in total. The van der Waals surface area contributed by atoms with Crippen molar-refractivity contribution in [3.8, 4) is 0 Å². The third-order valence-electron chi connectivity index (χ3n) is 3.64. The molecule has 2 heteroatoms. The Morgan fingerprint density at radius 1 is 1.56 bits per heavy atom. The lowest BCUT2D eigenvalue weighted by atomic mass is 9.91. The molecule has 3 atom stereocenters. The molecule has 94 valence electrons. The summed E-state index contributed by atoms with van der Waals surface area (Å²) in [6.07, 6.45) is 3.62. The van der Waals surface area contributed by atoms with E-state index in [9.17, 15) is 5.11 Å². The van der Waals surface area contributed by atoms with Gasteiger partial charge in [-0.25, -0.2) is 0 Å². The molecule has 1 heterocycles. The highest BCUT2D eigenvalue weighted by Crippen LogP contribution is 2.37. The van der Waals surface area contributed by atoms with Crippen molar-refractivity contribution in [1.29, 1.82) is 0 Å². The second-order valence-electron chi connectivity index (χ2n) is 5.76. The lowest BCUT2D eigenvalue weighted by molar-refractivity contribution is -0.116. The van der Waals surface area contributed by atoms with Gasteiger partial charge in [0.2, 0.25) is 0 Å². The van der Waals surface area contributed by atoms with Crippen molar-refractivity contribution in [2.24, 2.45) is 5.92 Å². The molecule has 0 aromatic heterocycles. The first kappa shape index (κ1) is 13.7. The van der Waals surface area contributed by atoms with Crippen LogP contribution in [0, 0.1) is 5.92 Å². The molecule has 0 radical (unpaired) electrons. The summed E-state index contributed by atoms with van der Waals surface area (Å²) in [6.45, 7) is 12.3. The largest absolute Gasteiger partial charge is 0.390 e. The Balaban J connectivity index is 2.49. The number of allylic oxidation sites excluding steroid dienone is 1. The van der Waals surface area contributed by atoms with Crippen LogP contribution < -0.4 is 0 Å². The summed E-state index contributed by atoms with van der Waals surface area (Å²) in [4.78, 5) is 0. The molecule has 1 fully saturated rings. The van der Waals surface area contributed by atoms with Crippen molar-refractivity contribution in [3.05, 3.63) is 12.2 Å². The van der Waals surface area contributed by atoms with Crippen LogP contribution in [0.5, 0.6) is 0 Å². The van der Waals surface area contributed by atoms with E-state index in [4.69, 9.17) is 4.74 Å². The summed E-state index contributed by atoms with van der Waals surface area (Å²) in [5.74, 6) is 0.537. The molecule has 1 aliphatic rings. The molecular formula is C14H26O2. The number of aliphatic hydroxyl groups excluding tert-OH is 1. The molecule has 0 spiro atoms. The number of hydrogen-bond acceptors (Lipinski definition) is 2. The molecule has 0 unspecified atom stereocenters. The lowest BCUT2D eigenvalue weighted by Gasteiger charge is -2.31. The Kier molecular flexibility index (Phi) is 4.57. The molecule has 0 aliphatic carbocycles. The Hall–Kier alpha value is -0.340. The van der Waals surface area contributed by atoms with E-state index in [-0.39, 0.29) is 11.7 Å². The first-order valence-electron chi connectivity index (χ1n) is 6.35. The van der Waals surface area contributed by atoms with Gasteiger partial charge in [-0.05, 0) is 45.4 Å². The molecular weight excluding hydrogens is 200 g/mol. The summed E-state index contributed by atoms with van der Waals surface area (Å²) in [6, 6.07) is 0. The minimum atomic E-state index is -0.368. The number of ether oxygens (including phenoxy) is 1. The van der Waals surface area contributed by atoms with Crippen LogP contribution in [0.15, 0.2) is 12.2 Å². The molecule has 1 saturated heterocycles. The molecule has 16 heavy (non-hydrogen) atoms. The molecule has 0 aromatic carbocycles. The minimum Gasteiger partial charge on any atom is -0.390 e. The van der Waals surface area contributed by atoms with Gasteiger partial charge in [0.15, 0.2) is 0 Å². The van der Waals surface area contributed by atoms with Crippen molar-refractivity contribution in [2.45, 2.75) is 71.2 Å². The van der Waals surface area contributed by atoms with E-state index in [1.165, 1.54) is 0 Å². The molecule has 0 aromatic rings. The van der Waals surface area contributed by atoms with Crippen LogP contribution in [0.3, 0.4) is 0 Å². The van der Waals surface area contributed by atoms with Crippen molar-refractivity contribution in [2.75, 3.05) is 0 Å². The predicted octanol–water partition coefficient (Wildman–Crippen LogP) is 3.30. The van der Waals surface area contributed by atoms with Gasteiger partial charge in [0.05, 0.1) is 17.8 Å². The zero-order valence-electron chi connectivity index (χ0n) is 11.1. The van der Waals surface area contributed by atoms with E-state index in [0.717, 1.165) is 31.3 Å². The van der Waals surface area contributed by atoms with Gasteiger partial charge in [0.1, 0.15) is 0 Å². The van der Waals surface area contributed by atoms with Crippen LogP contribution in [0.2, 0.25) is 0 Å². The predicted molar refractivity (Wildman–Crippen MR) is 67.4 cm³/mol. The normalized spacial score (nSPS) is 32.0. The molecule has 0 bridgehead atoms. The third kappa shape index (κ3) is 3.33. The topological polar surface area (TPSA) is 29.5 Å². The van der Waals surface area contributed by atoms with Crippen molar-refractivity contribution in [3.63, 3.8) is 0 Å². The van der Waals surface area contributed by atoms with Crippen LogP contribution in [0.1, 0.15) is 53.4 Å². The highest BCUT2D eigenvalue weighted by atomic mass is 16.5. The van der Waals surface area contributed by atoms with E-state index in [1.807, 2.05) is 13.8 Å². The van der Waals surface area contributed by atoms with E-state index in [2.05, 4.69) is 20.4 Å². The summed E-state index contributed by atoms with van der Waals surface area (Å²) in [5.41, 5.74) is 0.783. The second kappa shape index (κ2) is 5.33. The van der Waals surface area contributed by atoms with E-state index >= 15 is 0 Å². The summed E-state index contributed by atoms with van der Waals surface area (Å²) in [7, 11) is 0. The van der Waals surface area contributed by atoms with Crippen LogP contribution >= 0.6 is 0 Å². The first-order valence-corrected chi connectivity index (χ1v) is 6.35. The van der Waals surface area contributed by atoms with E-state index in [0.29, 0.717) is 12.0 Å². The molecule has 1 aliphatic heterocycles. The Labute approximate surface area is 99.7 Å². The monoisotopic (exact) mass is 226 g/mol. The molecule has 2 nitrogen and oxygen atoms in total. The van der Waals surface area contributed by atoms with Crippen molar-refractivity contribution >= 4 is 0 Å². The van der Waals surface area contributed by atoms with Gasteiger partial charge in [0, 0.05) is 0 Å². The summed E-state index contributed by atoms with van der Waals surface area (Å²) < 4.78 is 6.02. The summed E-state index contributed by atoms with van der Waals surface area (Å²) >= 11 is 0. The van der Waals surface area contributed by atoms with Crippen molar-refractivity contribution in [1.82, 2.24) is 0 Å². The molecule has 1 rings (SSSR count). The Morgan fingerprint density at radius 2 is 2.19 bits per heavy atom. The molecule has 0 amide bonds. The van der Waals surface area contributed by atoms with Gasteiger partial charge in [0.25, 0.3) is 0 Å². The van der Waals surface area contributed by atoms with Crippen LogP contribution in [0.25, 0.3) is 0 Å². The van der Waals surface area contributed by atoms with E-state index in [1.54, 1.807) is 0 Å². The maximum atomic E-state index is 10.2. The highest BCUT2D eigenvalue weighted by Gasteiger charge is 2.42. The number of rotatable bonds is 5. The Bertz CT molecular complexity index is 247. The zero-order valence-corrected chi connectivity index (χ0v) is 11.1. The van der Waals surface area contributed by atoms with Gasteiger partial charge in [-0.1, -0.05) is 19.4 Å². The van der Waals surface area contributed by atoms with Crippen molar-refractivity contribution < 1.29 is 9.84 Å². The second-order valence-corrected chi connectivity index (χ2v) is 5.76. The average Bonchev–Trinajstić information content (AvgIpc) is 2.58. The minimum absolute atomic E-state index is 0.310. The number of hydrogen-bond donors (Lipinski definition) is 1. The average molecular weight is 226 g/mol. The fraction of sp³-hybridized carbons (Fsp3) is 0.857. The van der Waals surface area contributed by atoms with Gasteiger partial charge < -0.3 is 9.84 Å². The van der Waals surface area contributed by atoms with Gasteiger partial charge in [-0.3, -0.25) is 0 Å². The maximum Gasteiger partial charge on any atom is 0.0917 e. The Morgan fingerprint density at radius 3 is 2.62 bits per heavy atom. The summed E-state index contributed by atoms with van der Waals surface area (Å²) in [5, 5.41) is 10.2. The molecule has 0 saturated carbocycles. The fourth-order valence-electron chi connectivity index (χ4n) is 2.30. The SMILES string of the molecule is C=C(C)CC[C@H](O)[C@]1(C)CC[C@H](C(C)C)O1. The standard InChI is InChI=1S/C14H26O2/c1-10(2)6-7-13(15)14(5)9-8-12(16-14)11(3)4/h11-13,15H,1,6-9H2,2-5H3/t12-,13+,14+/m1/s1. The van der Waals surface area contributed by atoms with Gasteiger partial charge >= 0.3 is 0 Å². The lowest BCUT2D eigenvalue weighted by Crippen LogP contribution is -2.40. The van der Waals surface area contributed by atoms with E-state index < -0.39 is 0 Å². The maximum absolute atomic E-state index is 10.2. The van der Waals surface area contributed by atoms with Gasteiger partial charge in [-0.15, -0.1) is 6.58 Å². The van der Waals surface area contributed by atoms with Crippen LogP contribution in [0.4, 0.5) is 0 Å². The number of aliphatic hydroxyl groups is 1. The van der Waals surface area contributed by atoms with Crippen LogP contribution in [-0.4, -0.2) is 22.9 Å². The zero-order chi connectivity index (χ0) is 12.3. The third-order valence-corrected chi connectivity index (χ3v) is 3.64. The highest BCUT2D eigenvalue weighted by molar-refractivity contribution is 4.95. The van der Waals surface area contributed by atoms with Crippen LogP contribution in [-0.2, 0) is 4.74 Å². The fourth-order valence-corrected chi connectivity index (χ4v) is 2.30. The quantitative estimate of drug-likeness (QED) is 0.729. The first-order chi connectivity index (χ1) is 7.35.